The minimum atomic E-state index is -2.95. The molecule has 0 radical (unpaired) electrons. The van der Waals surface area contributed by atoms with Crippen LogP contribution in [0.3, 0.4) is 0 Å². The van der Waals surface area contributed by atoms with Crippen LogP contribution in [0.5, 0.6) is 0 Å². The number of nitrogens with zero attached hydrogens (tertiary/aromatic N) is 1. The number of hydrogen-bond acceptors (Lipinski definition) is 4. The molecule has 2 rings (SSSR count). The first-order valence-electron chi connectivity index (χ1n) is 7.75. The molecule has 0 aromatic carbocycles. The van der Waals surface area contributed by atoms with Crippen LogP contribution >= 0.6 is 0 Å². The van der Waals surface area contributed by atoms with E-state index in [0.717, 1.165) is 12.8 Å². The Kier molecular flexibility index (Phi) is 5.14. The second-order valence-electron chi connectivity index (χ2n) is 6.61. The number of likely N-dealkylation sites (N-methyl/N-ethyl adjacent to an activating group) is 1. The number of urea groups is 1. The van der Waals surface area contributed by atoms with E-state index in [0.29, 0.717) is 13.0 Å². The number of rotatable bonds is 4. The number of hydrogen-bond donors (Lipinski definition) is 2. The molecule has 1 saturated heterocycles. The van der Waals surface area contributed by atoms with Crippen LogP contribution in [0, 0.1) is 0 Å². The van der Waals surface area contributed by atoms with Gasteiger partial charge in [0.1, 0.15) is 0 Å². The summed E-state index contributed by atoms with van der Waals surface area (Å²) in [5.41, 5.74) is 0.0390. The topological polar surface area (TPSA) is 78.5 Å². The predicted molar refractivity (Wildman–Crippen MR) is 83.1 cm³/mol. The average Bonchev–Trinajstić information content (AvgIpc) is 2.76. The summed E-state index contributed by atoms with van der Waals surface area (Å²) in [6.07, 6.45) is 6.37. The van der Waals surface area contributed by atoms with E-state index in [4.69, 9.17) is 0 Å². The quantitative estimate of drug-likeness (QED) is 0.801. The number of amides is 2. The third-order valence-corrected chi connectivity index (χ3v) is 6.65. The number of carbonyl (C=O) groups is 1. The Labute approximate surface area is 127 Å². The Bertz CT molecular complexity index is 470. The predicted octanol–water partition coefficient (Wildman–Crippen LogP) is 0.737. The maximum absolute atomic E-state index is 12.0. The first-order valence-corrected chi connectivity index (χ1v) is 9.57. The molecule has 2 amide bonds. The van der Waals surface area contributed by atoms with E-state index in [-0.39, 0.29) is 29.1 Å². The van der Waals surface area contributed by atoms with Crippen LogP contribution in [0.25, 0.3) is 0 Å². The second kappa shape index (κ2) is 6.52. The van der Waals surface area contributed by atoms with Gasteiger partial charge in [-0.25, -0.2) is 13.2 Å². The molecule has 21 heavy (non-hydrogen) atoms. The monoisotopic (exact) mass is 317 g/mol. The first kappa shape index (κ1) is 16.5. The van der Waals surface area contributed by atoms with Crippen molar-refractivity contribution in [1.82, 2.24) is 15.5 Å². The highest BCUT2D eigenvalue weighted by Gasteiger charge is 2.35. The molecule has 1 atom stereocenters. The van der Waals surface area contributed by atoms with Gasteiger partial charge in [0.2, 0.25) is 0 Å². The van der Waals surface area contributed by atoms with Crippen molar-refractivity contribution in [1.29, 1.82) is 0 Å². The lowest BCUT2D eigenvalue weighted by atomic mass is 9.80. The van der Waals surface area contributed by atoms with E-state index in [9.17, 15) is 13.2 Å². The van der Waals surface area contributed by atoms with E-state index in [1.54, 1.807) is 0 Å². The molecule has 0 aromatic rings. The highest BCUT2D eigenvalue weighted by molar-refractivity contribution is 7.91. The van der Waals surface area contributed by atoms with Crippen molar-refractivity contribution in [3.8, 4) is 0 Å². The normalized spacial score (nSPS) is 27.5. The minimum absolute atomic E-state index is 0.0390. The molecule has 0 spiro atoms. The van der Waals surface area contributed by atoms with Crippen LogP contribution in [0.4, 0.5) is 4.79 Å². The van der Waals surface area contributed by atoms with Gasteiger partial charge in [0.25, 0.3) is 0 Å². The maximum Gasteiger partial charge on any atom is 0.315 e. The summed E-state index contributed by atoms with van der Waals surface area (Å²) in [4.78, 5) is 14.2. The number of carbonyl (C=O) groups excluding carboxylic acids is 1. The van der Waals surface area contributed by atoms with Crippen LogP contribution in [-0.4, -0.2) is 63.1 Å². The summed E-state index contributed by atoms with van der Waals surface area (Å²) in [5, 5.41) is 5.72. The third-order valence-electron chi connectivity index (χ3n) is 4.88. The Balaban J connectivity index is 1.82. The zero-order valence-electron chi connectivity index (χ0n) is 13.0. The molecule has 2 aliphatic rings. The third kappa shape index (κ3) is 4.32. The lowest BCUT2D eigenvalue weighted by molar-refractivity contribution is 0.101. The Morgan fingerprint density at radius 3 is 2.43 bits per heavy atom. The van der Waals surface area contributed by atoms with E-state index in [1.165, 1.54) is 19.3 Å². The van der Waals surface area contributed by atoms with Gasteiger partial charge >= 0.3 is 6.03 Å². The van der Waals surface area contributed by atoms with E-state index in [2.05, 4.69) is 29.6 Å². The summed E-state index contributed by atoms with van der Waals surface area (Å²) in [6, 6.07) is -0.486. The van der Waals surface area contributed by atoms with Crippen LogP contribution < -0.4 is 10.6 Å². The second-order valence-corrected chi connectivity index (χ2v) is 8.84. The molecular weight excluding hydrogens is 290 g/mol. The summed E-state index contributed by atoms with van der Waals surface area (Å²) in [5.74, 6) is 0.249. The van der Waals surface area contributed by atoms with Crippen LogP contribution in [-0.2, 0) is 9.84 Å². The van der Waals surface area contributed by atoms with E-state index < -0.39 is 9.84 Å². The average molecular weight is 317 g/mol. The summed E-state index contributed by atoms with van der Waals surface area (Å²) in [6.45, 7) is 0.616. The molecule has 1 aliphatic carbocycles. The molecule has 7 heteroatoms. The molecule has 2 fully saturated rings. The fourth-order valence-corrected chi connectivity index (χ4v) is 5.06. The van der Waals surface area contributed by atoms with Gasteiger partial charge in [-0.1, -0.05) is 19.3 Å². The maximum atomic E-state index is 12.0. The lowest BCUT2D eigenvalue weighted by Crippen LogP contribution is -2.55. The van der Waals surface area contributed by atoms with Crippen molar-refractivity contribution in [3.05, 3.63) is 0 Å². The van der Waals surface area contributed by atoms with Crippen LogP contribution in [0.15, 0.2) is 0 Å². The molecular formula is C14H27N3O3S. The van der Waals surface area contributed by atoms with E-state index in [1.807, 2.05) is 0 Å². The van der Waals surface area contributed by atoms with Crippen molar-refractivity contribution in [3.63, 3.8) is 0 Å². The fourth-order valence-electron chi connectivity index (χ4n) is 3.38. The largest absolute Gasteiger partial charge is 0.336 e. The number of sulfone groups is 1. The molecule has 0 bridgehead atoms. The highest BCUT2D eigenvalue weighted by atomic mass is 32.2. The minimum Gasteiger partial charge on any atom is -0.336 e. The molecule has 1 aliphatic heterocycles. The van der Waals surface area contributed by atoms with Crippen molar-refractivity contribution in [2.45, 2.75) is 50.1 Å². The Morgan fingerprint density at radius 1 is 1.24 bits per heavy atom. The summed E-state index contributed by atoms with van der Waals surface area (Å²) in [7, 11) is 1.18. The van der Waals surface area contributed by atoms with Gasteiger partial charge in [0.05, 0.1) is 11.5 Å². The van der Waals surface area contributed by atoms with Gasteiger partial charge in [-0.3, -0.25) is 0 Å². The van der Waals surface area contributed by atoms with Gasteiger partial charge in [-0.15, -0.1) is 0 Å². The standard InChI is InChI=1S/C14H27N3O3S/c1-17(2)14(7-4-3-5-8-14)11-15-13(18)16-12-6-9-21(19,20)10-12/h12H,3-11H2,1-2H3,(H2,15,16,18)/t12-/m1/s1. The molecule has 1 saturated carbocycles. The molecule has 1 heterocycles. The zero-order chi connectivity index (χ0) is 15.5. The van der Waals surface area contributed by atoms with Crippen LogP contribution in [0.1, 0.15) is 38.5 Å². The molecule has 0 aromatic heterocycles. The molecule has 122 valence electrons. The Hall–Kier alpha value is -0.820. The van der Waals surface area contributed by atoms with Gasteiger partial charge < -0.3 is 15.5 Å². The SMILES string of the molecule is CN(C)C1(CNC(=O)N[C@@H]2CCS(=O)(=O)C2)CCCCC1. The summed E-state index contributed by atoms with van der Waals surface area (Å²) >= 11 is 0. The van der Waals surface area contributed by atoms with E-state index >= 15 is 0 Å². The van der Waals surface area contributed by atoms with Crippen molar-refractivity contribution in [2.75, 3.05) is 32.1 Å². The Morgan fingerprint density at radius 2 is 1.90 bits per heavy atom. The fraction of sp³-hybridized carbons (Fsp3) is 0.929. The smallest absolute Gasteiger partial charge is 0.315 e. The van der Waals surface area contributed by atoms with Gasteiger partial charge in [-0.2, -0.15) is 0 Å². The van der Waals surface area contributed by atoms with Crippen molar-refractivity contribution < 1.29 is 13.2 Å². The van der Waals surface area contributed by atoms with Crippen LogP contribution in [0.2, 0.25) is 0 Å². The zero-order valence-corrected chi connectivity index (χ0v) is 13.8. The van der Waals surface area contributed by atoms with Crippen molar-refractivity contribution >= 4 is 15.9 Å². The van der Waals surface area contributed by atoms with Gasteiger partial charge in [0.15, 0.2) is 9.84 Å². The summed E-state index contributed by atoms with van der Waals surface area (Å²) < 4.78 is 22.8. The van der Waals surface area contributed by atoms with Gasteiger partial charge in [0, 0.05) is 18.1 Å². The molecule has 0 unspecified atom stereocenters. The molecule has 6 nitrogen and oxygen atoms in total. The first-order chi connectivity index (χ1) is 9.83. The van der Waals surface area contributed by atoms with Crippen molar-refractivity contribution in [2.24, 2.45) is 0 Å². The number of nitrogens with one attached hydrogen (secondary N) is 2. The molecule has 2 N–H and O–H groups in total. The lowest BCUT2D eigenvalue weighted by Gasteiger charge is -2.43. The highest BCUT2D eigenvalue weighted by Crippen LogP contribution is 2.31. The van der Waals surface area contributed by atoms with Gasteiger partial charge in [-0.05, 0) is 33.4 Å².